The maximum atomic E-state index is 12.7. The lowest BCUT2D eigenvalue weighted by Gasteiger charge is -2.18. The van der Waals surface area contributed by atoms with E-state index in [9.17, 15) is 4.79 Å². The lowest BCUT2D eigenvalue weighted by atomic mass is 9.98. The van der Waals surface area contributed by atoms with E-state index in [0.717, 1.165) is 23.6 Å². The minimum absolute atomic E-state index is 0.237. The van der Waals surface area contributed by atoms with Crippen LogP contribution in [0.5, 0.6) is 0 Å². The number of esters is 1. The number of rotatable bonds is 17. The first-order valence-electron chi connectivity index (χ1n) is 12.2. The highest BCUT2D eigenvalue weighted by Crippen LogP contribution is 2.37. The molecule has 0 aliphatic carbocycles. The van der Waals surface area contributed by atoms with Gasteiger partial charge in [0.2, 0.25) is 0 Å². The molecule has 0 bridgehead atoms. The summed E-state index contributed by atoms with van der Waals surface area (Å²) in [5.41, 5.74) is 2.27. The van der Waals surface area contributed by atoms with Gasteiger partial charge in [-0.1, -0.05) is 107 Å². The molecule has 1 atom stereocenters. The topological polar surface area (TPSA) is 44.1 Å². The average molecular weight is 457 g/mol. The minimum Gasteiger partial charge on any atom is -0.468 e. The fraction of sp³-hybridized carbons (Fsp3) is 0.556. The van der Waals surface area contributed by atoms with Crippen molar-refractivity contribution < 1.29 is 9.53 Å². The van der Waals surface area contributed by atoms with Gasteiger partial charge < -0.3 is 9.30 Å². The van der Waals surface area contributed by atoms with E-state index in [4.69, 9.17) is 4.74 Å². The number of imidazole rings is 1. The van der Waals surface area contributed by atoms with Crippen LogP contribution in [0.15, 0.2) is 54.5 Å². The molecule has 4 nitrogen and oxygen atoms in total. The second-order valence-electron chi connectivity index (χ2n) is 8.30. The highest BCUT2D eigenvalue weighted by molar-refractivity contribution is 8.00. The number of nitrogens with zero attached hydrogens (tertiary/aromatic N) is 2. The van der Waals surface area contributed by atoms with Gasteiger partial charge in [0, 0.05) is 18.9 Å². The molecule has 0 aliphatic heterocycles. The van der Waals surface area contributed by atoms with Crippen LogP contribution in [0.3, 0.4) is 0 Å². The van der Waals surface area contributed by atoms with Crippen molar-refractivity contribution in [2.75, 3.05) is 7.11 Å². The van der Waals surface area contributed by atoms with Gasteiger partial charge in [-0.2, -0.15) is 0 Å². The molecule has 0 fully saturated rings. The van der Waals surface area contributed by atoms with Crippen molar-refractivity contribution >= 4 is 17.7 Å². The Morgan fingerprint density at radius 1 is 1.09 bits per heavy atom. The Morgan fingerprint density at radius 2 is 1.75 bits per heavy atom. The van der Waals surface area contributed by atoms with Crippen LogP contribution < -0.4 is 0 Å². The standard InChI is InChI=1S/C27H40N2O2S/c1-4-6-7-8-9-10-11-12-13-14-17-23-18-15-16-19-24(23)25(26(30)31-3)32-27-28-20-22-29(27)21-5-2/h5,15-16,18-20,22,25H,2,4,6-14,17,21H2,1,3H3. The number of carbonyl (C=O) groups is 1. The van der Waals surface area contributed by atoms with E-state index in [2.05, 4.69) is 36.7 Å². The summed E-state index contributed by atoms with van der Waals surface area (Å²) >= 11 is 1.45. The van der Waals surface area contributed by atoms with Gasteiger partial charge in [-0.15, -0.1) is 6.58 Å². The monoisotopic (exact) mass is 456 g/mol. The number of thioether (sulfide) groups is 1. The number of benzene rings is 1. The molecule has 0 amide bonds. The van der Waals surface area contributed by atoms with E-state index in [-0.39, 0.29) is 5.97 Å². The van der Waals surface area contributed by atoms with Crippen LogP contribution in [-0.2, 0) is 22.5 Å². The van der Waals surface area contributed by atoms with Gasteiger partial charge in [0.25, 0.3) is 0 Å². The Balaban J connectivity index is 1.91. The second-order valence-corrected chi connectivity index (χ2v) is 9.37. The van der Waals surface area contributed by atoms with Crippen molar-refractivity contribution in [3.8, 4) is 0 Å². The van der Waals surface area contributed by atoms with E-state index in [0.29, 0.717) is 6.54 Å². The average Bonchev–Trinajstić information content (AvgIpc) is 3.25. The fourth-order valence-corrected chi connectivity index (χ4v) is 5.12. The molecular weight excluding hydrogens is 416 g/mol. The largest absolute Gasteiger partial charge is 0.468 e. The first-order valence-corrected chi connectivity index (χ1v) is 13.0. The van der Waals surface area contributed by atoms with Gasteiger partial charge in [0.05, 0.1) is 7.11 Å². The summed E-state index contributed by atoms with van der Waals surface area (Å²) in [6.45, 7) is 6.74. The van der Waals surface area contributed by atoms with Gasteiger partial charge in [-0.05, 0) is 24.0 Å². The highest BCUT2D eigenvalue weighted by atomic mass is 32.2. The third-order valence-corrected chi connectivity index (χ3v) is 7.01. The zero-order valence-electron chi connectivity index (χ0n) is 19.9. The van der Waals surface area contributed by atoms with E-state index < -0.39 is 5.25 Å². The maximum Gasteiger partial charge on any atom is 0.323 e. The maximum absolute atomic E-state index is 12.7. The first-order chi connectivity index (χ1) is 15.7. The van der Waals surface area contributed by atoms with Crippen molar-refractivity contribution in [3.05, 3.63) is 60.4 Å². The molecule has 0 saturated heterocycles. The summed E-state index contributed by atoms with van der Waals surface area (Å²) in [7, 11) is 1.46. The summed E-state index contributed by atoms with van der Waals surface area (Å²) in [5.74, 6) is -0.237. The zero-order chi connectivity index (χ0) is 23.0. The normalized spacial score (nSPS) is 11.9. The van der Waals surface area contributed by atoms with Gasteiger partial charge in [0.15, 0.2) is 5.16 Å². The Hall–Kier alpha value is -2.01. The number of aryl methyl sites for hydroxylation is 1. The van der Waals surface area contributed by atoms with Crippen LogP contribution in [0.25, 0.3) is 0 Å². The van der Waals surface area contributed by atoms with Crippen LogP contribution in [0.2, 0.25) is 0 Å². The second kappa shape index (κ2) is 15.7. The van der Waals surface area contributed by atoms with Crippen molar-refractivity contribution in [2.24, 2.45) is 0 Å². The Kier molecular flexibility index (Phi) is 12.9. The zero-order valence-corrected chi connectivity index (χ0v) is 20.7. The molecule has 0 aliphatic rings. The molecule has 1 unspecified atom stereocenters. The molecule has 1 heterocycles. The fourth-order valence-electron chi connectivity index (χ4n) is 3.96. The summed E-state index contributed by atoms with van der Waals surface area (Å²) < 4.78 is 7.16. The molecule has 1 aromatic heterocycles. The molecule has 0 radical (unpaired) electrons. The molecule has 32 heavy (non-hydrogen) atoms. The first kappa shape index (κ1) is 26.2. The number of hydrogen-bond acceptors (Lipinski definition) is 4. The lowest BCUT2D eigenvalue weighted by Crippen LogP contribution is -2.14. The number of unbranched alkanes of at least 4 members (excludes halogenated alkanes) is 9. The Morgan fingerprint density at radius 3 is 2.41 bits per heavy atom. The molecule has 2 aromatic rings. The predicted octanol–water partition coefficient (Wildman–Crippen LogP) is 7.54. The van der Waals surface area contributed by atoms with Crippen LogP contribution >= 0.6 is 11.8 Å². The van der Waals surface area contributed by atoms with Gasteiger partial charge >= 0.3 is 5.97 Å². The third kappa shape index (κ3) is 8.85. The number of ether oxygens (including phenoxy) is 1. The number of methoxy groups -OCH3 is 1. The summed E-state index contributed by atoms with van der Waals surface area (Å²) in [6.07, 6.45) is 19.7. The van der Waals surface area contributed by atoms with Gasteiger partial charge in [-0.3, -0.25) is 4.79 Å². The molecule has 0 N–H and O–H groups in total. The Labute approximate surface area is 198 Å². The van der Waals surface area contributed by atoms with Crippen LogP contribution in [0.4, 0.5) is 0 Å². The molecule has 2 rings (SSSR count). The molecular formula is C27H40N2O2S. The summed E-state index contributed by atoms with van der Waals surface area (Å²) in [6, 6.07) is 8.27. The summed E-state index contributed by atoms with van der Waals surface area (Å²) in [4.78, 5) is 17.1. The van der Waals surface area contributed by atoms with Crippen molar-refractivity contribution in [2.45, 2.75) is 94.5 Å². The van der Waals surface area contributed by atoms with E-state index in [1.54, 1.807) is 6.20 Å². The lowest BCUT2D eigenvalue weighted by molar-refractivity contribution is -0.140. The molecule has 1 aromatic carbocycles. The number of aromatic nitrogens is 2. The third-order valence-electron chi connectivity index (χ3n) is 5.78. The van der Waals surface area contributed by atoms with Crippen LogP contribution in [0, 0.1) is 0 Å². The van der Waals surface area contributed by atoms with Crippen LogP contribution in [0.1, 0.15) is 87.5 Å². The molecule has 0 saturated carbocycles. The van der Waals surface area contributed by atoms with Crippen molar-refractivity contribution in [1.29, 1.82) is 0 Å². The predicted molar refractivity (Wildman–Crippen MR) is 135 cm³/mol. The van der Waals surface area contributed by atoms with Crippen molar-refractivity contribution in [3.63, 3.8) is 0 Å². The number of carbonyl (C=O) groups excluding carboxylic acids is 1. The molecule has 0 spiro atoms. The highest BCUT2D eigenvalue weighted by Gasteiger charge is 2.26. The van der Waals surface area contributed by atoms with Gasteiger partial charge in [-0.25, -0.2) is 4.98 Å². The summed E-state index contributed by atoms with van der Waals surface area (Å²) in [5, 5.41) is 0.374. The molecule has 5 heteroatoms. The van der Waals surface area contributed by atoms with E-state index in [1.165, 1.54) is 82.2 Å². The SMILES string of the molecule is C=CCn1ccnc1SC(C(=O)OC)c1ccccc1CCCCCCCCCCCC. The molecule has 176 valence electrons. The minimum atomic E-state index is -0.426. The number of allylic oxidation sites excluding steroid dienone is 1. The van der Waals surface area contributed by atoms with Crippen molar-refractivity contribution in [1.82, 2.24) is 9.55 Å². The van der Waals surface area contributed by atoms with Gasteiger partial charge in [0.1, 0.15) is 5.25 Å². The van der Waals surface area contributed by atoms with Crippen LogP contribution in [-0.4, -0.2) is 22.6 Å². The number of hydrogen-bond donors (Lipinski definition) is 0. The smallest absolute Gasteiger partial charge is 0.323 e. The van der Waals surface area contributed by atoms with E-state index >= 15 is 0 Å². The van der Waals surface area contributed by atoms with E-state index in [1.807, 2.05) is 22.9 Å². The Bertz CT molecular complexity index is 802. The quantitative estimate of drug-likeness (QED) is 0.107.